The van der Waals surface area contributed by atoms with Crippen LogP contribution < -0.4 is 10.2 Å². The van der Waals surface area contributed by atoms with Gasteiger partial charge >= 0.3 is 13.1 Å². The van der Waals surface area contributed by atoms with E-state index in [2.05, 4.69) is 4.72 Å². The summed E-state index contributed by atoms with van der Waals surface area (Å²) in [6.45, 7) is 7.92. The first-order valence-electron chi connectivity index (χ1n) is 9.93. The molecule has 1 aliphatic rings. The van der Waals surface area contributed by atoms with Gasteiger partial charge in [-0.2, -0.15) is 0 Å². The molecule has 0 amide bonds. The Morgan fingerprint density at radius 3 is 2.33 bits per heavy atom. The van der Waals surface area contributed by atoms with Gasteiger partial charge in [0.05, 0.1) is 21.9 Å². The van der Waals surface area contributed by atoms with E-state index in [1.807, 2.05) is 0 Å². The molecule has 0 bridgehead atoms. The minimum atomic E-state index is -4.52. The Morgan fingerprint density at radius 2 is 1.76 bits per heavy atom. The van der Waals surface area contributed by atoms with Crippen LogP contribution in [0.1, 0.15) is 40.2 Å². The number of ether oxygens (including phenoxy) is 1. The minimum absolute atomic E-state index is 0.00487. The molecule has 0 atom stereocenters. The summed E-state index contributed by atoms with van der Waals surface area (Å²) in [5.41, 5.74) is -1.92. The number of carbonyl (C=O) groups is 1. The van der Waals surface area contributed by atoms with E-state index in [1.54, 1.807) is 27.7 Å². The molecule has 1 saturated heterocycles. The molecule has 178 valence electrons. The molecule has 0 aliphatic carbocycles. The van der Waals surface area contributed by atoms with E-state index < -0.39 is 63.1 Å². The highest BCUT2D eigenvalue weighted by Crippen LogP contribution is 2.37. The van der Waals surface area contributed by atoms with Crippen molar-refractivity contribution in [2.45, 2.75) is 57.3 Å². The highest BCUT2D eigenvalue weighted by atomic mass is 35.5. The third-order valence-corrected chi connectivity index (χ3v) is 7.53. The van der Waals surface area contributed by atoms with Crippen molar-refractivity contribution < 1.29 is 36.0 Å². The lowest BCUT2D eigenvalue weighted by molar-refractivity contribution is -0.142. The maximum absolute atomic E-state index is 15.3. The maximum atomic E-state index is 15.3. The number of anilines is 1. The zero-order valence-corrected chi connectivity index (χ0v) is 20.2. The molecule has 2 aromatic carbocycles. The summed E-state index contributed by atoms with van der Waals surface area (Å²) in [7, 11) is -5.58. The fourth-order valence-corrected chi connectivity index (χ4v) is 4.74. The van der Waals surface area contributed by atoms with E-state index in [-0.39, 0.29) is 16.0 Å². The van der Waals surface area contributed by atoms with Gasteiger partial charge in [0.1, 0.15) is 23.1 Å². The molecule has 0 radical (unpaired) electrons. The number of rotatable bonds is 6. The smallest absolute Gasteiger partial charge is 0.461 e. The van der Waals surface area contributed by atoms with Gasteiger partial charge in [-0.3, -0.25) is 9.52 Å². The lowest BCUT2D eigenvalue weighted by Gasteiger charge is -2.32. The van der Waals surface area contributed by atoms with Crippen LogP contribution in [0.5, 0.6) is 0 Å². The number of carbonyl (C=O) groups excluding carboxylic acids is 1. The van der Waals surface area contributed by atoms with Crippen molar-refractivity contribution in [1.82, 2.24) is 0 Å². The first-order valence-corrected chi connectivity index (χ1v) is 11.8. The van der Waals surface area contributed by atoms with Crippen molar-refractivity contribution in [2.75, 3.05) is 4.72 Å². The van der Waals surface area contributed by atoms with Crippen LogP contribution in [0.15, 0.2) is 35.2 Å². The largest absolute Gasteiger partial charge is 0.497 e. The minimum Gasteiger partial charge on any atom is -0.461 e. The van der Waals surface area contributed by atoms with Gasteiger partial charge < -0.3 is 14.0 Å². The molecular formula is C21H23BClF2NO6S. The third kappa shape index (κ3) is 5.16. The Labute approximate surface area is 196 Å². The molecule has 1 fully saturated rings. The van der Waals surface area contributed by atoms with Gasteiger partial charge in [-0.15, -0.1) is 0 Å². The normalized spacial score (nSPS) is 17.2. The molecule has 7 nitrogen and oxygen atoms in total. The number of sulfonamides is 1. The van der Waals surface area contributed by atoms with Crippen molar-refractivity contribution in [1.29, 1.82) is 0 Å². The van der Waals surface area contributed by atoms with Crippen LogP contribution in [0.2, 0.25) is 5.02 Å². The number of benzene rings is 2. The van der Waals surface area contributed by atoms with Crippen LogP contribution in [0.4, 0.5) is 14.5 Å². The molecule has 3 rings (SSSR count). The molecule has 2 aromatic rings. The molecule has 0 saturated carbocycles. The fraction of sp³-hybridized carbons (Fsp3) is 0.381. The van der Waals surface area contributed by atoms with Crippen molar-refractivity contribution in [3.63, 3.8) is 0 Å². The van der Waals surface area contributed by atoms with E-state index in [0.717, 1.165) is 13.0 Å². The van der Waals surface area contributed by atoms with Gasteiger partial charge in [0.25, 0.3) is 10.0 Å². The van der Waals surface area contributed by atoms with Crippen LogP contribution in [0.3, 0.4) is 0 Å². The SMILES string of the molecule is CC(=O)OCc1cc(F)cc(S(=O)(=O)Nc2cccc(B3OC(C)(C)C(C)(C)O3)c2F)c1Cl. The number of hydrogen-bond donors (Lipinski definition) is 1. The van der Waals surface area contributed by atoms with Crippen molar-refractivity contribution in [3.8, 4) is 0 Å². The molecule has 12 heteroatoms. The van der Waals surface area contributed by atoms with Gasteiger partial charge in [-0.1, -0.05) is 23.7 Å². The highest BCUT2D eigenvalue weighted by molar-refractivity contribution is 7.92. The first-order chi connectivity index (χ1) is 15.1. The zero-order valence-electron chi connectivity index (χ0n) is 18.7. The van der Waals surface area contributed by atoms with Gasteiger partial charge in [-0.05, 0) is 45.9 Å². The molecule has 1 aliphatic heterocycles. The number of halogens is 3. The zero-order chi connectivity index (χ0) is 24.8. The standard InChI is InChI=1S/C21H23BClF2NO6S/c1-12(27)30-11-13-9-14(24)10-17(18(13)23)33(28,29)26-16-8-6-7-15(19(16)25)22-31-20(2,3)21(4,5)32-22/h6-10,26H,11H2,1-5H3. The third-order valence-electron chi connectivity index (χ3n) is 5.58. The maximum Gasteiger partial charge on any atom is 0.497 e. The lowest BCUT2D eigenvalue weighted by atomic mass is 9.78. The molecule has 1 N–H and O–H groups in total. The second-order valence-electron chi connectivity index (χ2n) is 8.56. The second kappa shape index (κ2) is 8.86. The van der Waals surface area contributed by atoms with Crippen LogP contribution >= 0.6 is 11.6 Å². The Morgan fingerprint density at radius 1 is 1.15 bits per heavy atom. The predicted molar refractivity (Wildman–Crippen MR) is 120 cm³/mol. The summed E-state index contributed by atoms with van der Waals surface area (Å²) < 4.78 is 73.9. The molecule has 0 unspecified atom stereocenters. The molecular weight excluding hydrogens is 479 g/mol. The highest BCUT2D eigenvalue weighted by Gasteiger charge is 2.52. The first kappa shape index (κ1) is 25.4. The second-order valence-corrected chi connectivity index (χ2v) is 10.6. The average molecular weight is 502 g/mol. The van der Waals surface area contributed by atoms with Gasteiger partial charge in [0.15, 0.2) is 0 Å². The Hall–Kier alpha value is -2.21. The van der Waals surface area contributed by atoms with E-state index in [4.69, 9.17) is 25.6 Å². The van der Waals surface area contributed by atoms with E-state index >= 15 is 4.39 Å². The predicted octanol–water partition coefficient (Wildman–Crippen LogP) is 3.78. The number of nitrogens with one attached hydrogen (secondary N) is 1. The lowest BCUT2D eigenvalue weighted by Crippen LogP contribution is -2.41. The van der Waals surface area contributed by atoms with E-state index in [9.17, 15) is 17.6 Å². The summed E-state index contributed by atoms with van der Waals surface area (Å²) in [6.07, 6.45) is 0. The quantitative estimate of drug-likeness (QED) is 0.478. The van der Waals surface area contributed by atoms with Crippen LogP contribution in [-0.4, -0.2) is 32.7 Å². The monoisotopic (exact) mass is 501 g/mol. The van der Waals surface area contributed by atoms with Crippen molar-refractivity contribution >= 4 is 45.9 Å². The Kier molecular flexibility index (Phi) is 6.83. The molecule has 1 heterocycles. The summed E-state index contributed by atoms with van der Waals surface area (Å²) >= 11 is 6.14. The average Bonchev–Trinajstić information content (AvgIpc) is 2.90. The van der Waals surface area contributed by atoms with Gasteiger partial charge in [-0.25, -0.2) is 17.2 Å². The van der Waals surface area contributed by atoms with Crippen LogP contribution in [0, 0.1) is 11.6 Å². The van der Waals surface area contributed by atoms with Crippen molar-refractivity contribution in [3.05, 3.63) is 52.6 Å². The molecule has 33 heavy (non-hydrogen) atoms. The Balaban J connectivity index is 1.95. The number of esters is 1. The summed E-state index contributed by atoms with van der Waals surface area (Å²) in [5, 5.41) is -0.354. The molecule has 0 spiro atoms. The topological polar surface area (TPSA) is 90.9 Å². The molecule has 0 aromatic heterocycles. The summed E-state index contributed by atoms with van der Waals surface area (Å²) in [5.74, 6) is -2.49. The van der Waals surface area contributed by atoms with Crippen LogP contribution in [-0.2, 0) is 35.5 Å². The fourth-order valence-electron chi connectivity index (χ4n) is 3.08. The van der Waals surface area contributed by atoms with Gasteiger partial charge in [0, 0.05) is 17.9 Å². The number of hydrogen-bond acceptors (Lipinski definition) is 6. The van der Waals surface area contributed by atoms with Crippen molar-refractivity contribution in [2.24, 2.45) is 0 Å². The van der Waals surface area contributed by atoms with E-state index in [1.165, 1.54) is 18.2 Å². The van der Waals surface area contributed by atoms with Crippen LogP contribution in [0.25, 0.3) is 0 Å². The van der Waals surface area contributed by atoms with Gasteiger partial charge in [0.2, 0.25) is 0 Å². The summed E-state index contributed by atoms with van der Waals surface area (Å²) in [4.78, 5) is 10.4. The van der Waals surface area contributed by atoms with E-state index in [0.29, 0.717) is 6.07 Å². The Bertz CT molecular complexity index is 1190. The summed E-state index contributed by atoms with van der Waals surface area (Å²) in [6, 6.07) is 5.69.